The van der Waals surface area contributed by atoms with Gasteiger partial charge in [0.25, 0.3) is 0 Å². The van der Waals surface area contributed by atoms with Crippen LogP contribution in [0.5, 0.6) is 0 Å². The van der Waals surface area contributed by atoms with Gasteiger partial charge in [-0.05, 0) is 52.0 Å². The molecule has 0 aromatic carbocycles. The van der Waals surface area contributed by atoms with Gasteiger partial charge in [0.2, 0.25) is 0 Å². The zero-order valence-corrected chi connectivity index (χ0v) is 12.5. The van der Waals surface area contributed by atoms with Crippen molar-refractivity contribution in [2.45, 2.75) is 64.5 Å². The fraction of sp³-hybridized carbons (Fsp3) is 0.733. The minimum absolute atomic E-state index is 0.628. The topological polar surface area (TPSA) is 67.2 Å². The first kappa shape index (κ1) is 15.0. The highest BCUT2D eigenvalue weighted by Crippen LogP contribution is 2.21. The van der Waals surface area contributed by atoms with Crippen LogP contribution < -0.4 is 5.32 Å². The molecule has 0 bridgehead atoms. The molecule has 2 N–H and O–H groups in total. The Kier molecular flexibility index (Phi) is 4.81. The molecule has 1 aromatic rings. The molecule has 1 aliphatic rings. The van der Waals surface area contributed by atoms with Gasteiger partial charge in [0.15, 0.2) is 0 Å². The van der Waals surface area contributed by atoms with E-state index >= 15 is 0 Å². The summed E-state index contributed by atoms with van der Waals surface area (Å²) in [6.45, 7) is 5.23. The zero-order chi connectivity index (χ0) is 14.6. The zero-order valence-electron chi connectivity index (χ0n) is 12.5. The second-order valence-corrected chi connectivity index (χ2v) is 5.81. The Balaban J connectivity index is 1.92. The van der Waals surface area contributed by atoms with E-state index in [1.165, 1.54) is 24.2 Å². The summed E-state index contributed by atoms with van der Waals surface area (Å²) in [5.74, 6) is -0.771. The lowest BCUT2D eigenvalue weighted by molar-refractivity contribution is -0.144. The standard InChI is InChI=1S/C15H25N3O2/c1-3-17-15(2,14(19)20)9-6-10-18-11-16-12-7-4-5-8-13(12)18/h11,17H,3-10H2,1-2H3,(H,19,20). The molecule has 1 atom stereocenters. The first-order valence-electron chi connectivity index (χ1n) is 7.58. The largest absolute Gasteiger partial charge is 0.480 e. The number of aromatic nitrogens is 2. The van der Waals surface area contributed by atoms with E-state index in [2.05, 4.69) is 14.9 Å². The van der Waals surface area contributed by atoms with Crippen LogP contribution in [0.3, 0.4) is 0 Å². The summed E-state index contributed by atoms with van der Waals surface area (Å²) < 4.78 is 2.21. The van der Waals surface area contributed by atoms with Gasteiger partial charge in [-0.15, -0.1) is 0 Å². The Hall–Kier alpha value is -1.36. The normalized spacial score (nSPS) is 17.5. The maximum Gasteiger partial charge on any atom is 0.323 e. The van der Waals surface area contributed by atoms with Crippen molar-refractivity contribution in [3.63, 3.8) is 0 Å². The quantitative estimate of drug-likeness (QED) is 0.801. The fourth-order valence-corrected chi connectivity index (χ4v) is 2.99. The third kappa shape index (κ3) is 3.20. The monoisotopic (exact) mass is 279 g/mol. The summed E-state index contributed by atoms with van der Waals surface area (Å²) in [4.78, 5) is 15.8. The molecule has 2 rings (SSSR count). The summed E-state index contributed by atoms with van der Waals surface area (Å²) in [6.07, 6.45) is 8.07. The first-order chi connectivity index (χ1) is 9.57. The number of fused-ring (bicyclic) bond motifs is 1. The second kappa shape index (κ2) is 6.39. The molecule has 1 aliphatic carbocycles. The van der Waals surface area contributed by atoms with Crippen LogP contribution in [-0.2, 0) is 24.2 Å². The van der Waals surface area contributed by atoms with Gasteiger partial charge < -0.3 is 15.0 Å². The number of hydrogen-bond acceptors (Lipinski definition) is 3. The average molecular weight is 279 g/mol. The van der Waals surface area contributed by atoms with Crippen molar-refractivity contribution < 1.29 is 9.90 Å². The van der Waals surface area contributed by atoms with E-state index < -0.39 is 11.5 Å². The minimum Gasteiger partial charge on any atom is -0.480 e. The number of hydrogen-bond donors (Lipinski definition) is 2. The predicted octanol–water partition coefficient (Wildman–Crippen LogP) is 1.99. The molecule has 0 saturated carbocycles. The van der Waals surface area contributed by atoms with Gasteiger partial charge in [0.05, 0.1) is 12.0 Å². The number of carbonyl (C=O) groups is 1. The number of nitrogens with one attached hydrogen (secondary N) is 1. The lowest BCUT2D eigenvalue weighted by Crippen LogP contribution is -2.49. The molecule has 0 radical (unpaired) electrons. The number of likely N-dealkylation sites (N-methyl/N-ethyl adjacent to an activating group) is 1. The van der Waals surface area contributed by atoms with E-state index in [1.54, 1.807) is 6.92 Å². The van der Waals surface area contributed by atoms with Crippen molar-refractivity contribution in [2.75, 3.05) is 6.54 Å². The van der Waals surface area contributed by atoms with Crippen molar-refractivity contribution in [2.24, 2.45) is 0 Å². The van der Waals surface area contributed by atoms with E-state index in [1.807, 2.05) is 13.3 Å². The number of carboxylic acid groups (broad SMARTS) is 1. The van der Waals surface area contributed by atoms with Crippen LogP contribution in [0.25, 0.3) is 0 Å². The Morgan fingerprint density at radius 1 is 1.50 bits per heavy atom. The van der Waals surface area contributed by atoms with Gasteiger partial charge in [0, 0.05) is 12.2 Å². The highest BCUT2D eigenvalue weighted by atomic mass is 16.4. The molecule has 20 heavy (non-hydrogen) atoms. The Morgan fingerprint density at radius 3 is 2.95 bits per heavy atom. The number of carboxylic acids is 1. The molecular weight excluding hydrogens is 254 g/mol. The minimum atomic E-state index is -0.824. The summed E-state index contributed by atoms with van der Waals surface area (Å²) in [6, 6.07) is 0. The van der Waals surface area contributed by atoms with E-state index in [0.717, 1.165) is 25.8 Å². The molecule has 0 aliphatic heterocycles. The molecule has 5 nitrogen and oxygen atoms in total. The Labute approximate surface area is 120 Å². The lowest BCUT2D eigenvalue weighted by atomic mass is 9.95. The molecule has 0 spiro atoms. The van der Waals surface area contributed by atoms with E-state index in [9.17, 15) is 9.90 Å². The van der Waals surface area contributed by atoms with Crippen LogP contribution in [0.4, 0.5) is 0 Å². The molecule has 1 unspecified atom stereocenters. The van der Waals surface area contributed by atoms with Crippen molar-refractivity contribution >= 4 is 5.97 Å². The highest BCUT2D eigenvalue weighted by Gasteiger charge is 2.31. The van der Waals surface area contributed by atoms with E-state index in [4.69, 9.17) is 0 Å². The Morgan fingerprint density at radius 2 is 2.25 bits per heavy atom. The SMILES string of the molecule is CCNC(C)(CCCn1cnc2c1CCCC2)C(=O)O. The first-order valence-corrected chi connectivity index (χ1v) is 7.58. The van der Waals surface area contributed by atoms with Gasteiger partial charge in [-0.2, -0.15) is 0 Å². The number of nitrogens with zero attached hydrogens (tertiary/aromatic N) is 2. The van der Waals surface area contributed by atoms with Crippen molar-refractivity contribution in [3.8, 4) is 0 Å². The molecule has 1 heterocycles. The molecule has 112 valence electrons. The summed E-state index contributed by atoms with van der Waals surface area (Å²) in [5.41, 5.74) is 1.77. The van der Waals surface area contributed by atoms with Crippen LogP contribution in [0.15, 0.2) is 6.33 Å². The van der Waals surface area contributed by atoms with Gasteiger partial charge in [0.1, 0.15) is 5.54 Å². The van der Waals surface area contributed by atoms with Gasteiger partial charge in [-0.3, -0.25) is 4.79 Å². The van der Waals surface area contributed by atoms with Crippen molar-refractivity contribution in [3.05, 3.63) is 17.7 Å². The van der Waals surface area contributed by atoms with E-state index in [-0.39, 0.29) is 0 Å². The van der Waals surface area contributed by atoms with Gasteiger partial charge in [-0.1, -0.05) is 6.92 Å². The van der Waals surface area contributed by atoms with Crippen LogP contribution in [0.2, 0.25) is 0 Å². The summed E-state index contributed by atoms with van der Waals surface area (Å²) in [7, 11) is 0. The van der Waals surface area contributed by atoms with Crippen LogP contribution in [0, 0.1) is 0 Å². The number of aliphatic carboxylic acids is 1. The lowest BCUT2D eigenvalue weighted by Gasteiger charge is -2.26. The molecule has 0 fully saturated rings. The smallest absolute Gasteiger partial charge is 0.323 e. The van der Waals surface area contributed by atoms with Crippen molar-refractivity contribution in [1.29, 1.82) is 0 Å². The maximum atomic E-state index is 11.4. The molecular formula is C15H25N3O2. The fourth-order valence-electron chi connectivity index (χ4n) is 2.99. The molecule has 1 aromatic heterocycles. The second-order valence-electron chi connectivity index (χ2n) is 5.81. The third-order valence-electron chi connectivity index (χ3n) is 4.22. The van der Waals surface area contributed by atoms with Gasteiger partial charge in [-0.25, -0.2) is 4.98 Å². The van der Waals surface area contributed by atoms with Crippen LogP contribution in [0.1, 0.15) is 50.9 Å². The number of rotatable bonds is 7. The highest BCUT2D eigenvalue weighted by molar-refractivity contribution is 5.78. The molecule has 0 amide bonds. The maximum absolute atomic E-state index is 11.4. The third-order valence-corrected chi connectivity index (χ3v) is 4.22. The summed E-state index contributed by atoms with van der Waals surface area (Å²) in [5, 5.41) is 12.4. The van der Waals surface area contributed by atoms with Crippen LogP contribution in [-0.4, -0.2) is 32.7 Å². The van der Waals surface area contributed by atoms with Crippen molar-refractivity contribution in [1.82, 2.24) is 14.9 Å². The molecule has 0 saturated heterocycles. The van der Waals surface area contributed by atoms with Gasteiger partial charge >= 0.3 is 5.97 Å². The average Bonchev–Trinajstić information content (AvgIpc) is 2.82. The van der Waals surface area contributed by atoms with Crippen LogP contribution >= 0.6 is 0 Å². The predicted molar refractivity (Wildman–Crippen MR) is 77.8 cm³/mol. The molecule has 5 heteroatoms. The number of imidazole rings is 1. The van der Waals surface area contributed by atoms with E-state index in [0.29, 0.717) is 13.0 Å². The Bertz CT molecular complexity index is 470. The summed E-state index contributed by atoms with van der Waals surface area (Å²) >= 11 is 0. The number of aryl methyl sites for hydroxylation is 2.